The van der Waals surface area contributed by atoms with Crippen molar-refractivity contribution in [1.82, 2.24) is 0 Å². The molecule has 0 radical (unpaired) electrons. The Bertz CT molecular complexity index is 1000. The molecular formula is C26H27NO2S. The van der Waals surface area contributed by atoms with E-state index in [-0.39, 0.29) is 5.91 Å². The number of nitrogens with one attached hydrogen (secondary N) is 1. The number of ether oxygens (including phenoxy) is 1. The summed E-state index contributed by atoms with van der Waals surface area (Å²) in [6.07, 6.45) is 4.80. The molecule has 0 unspecified atom stereocenters. The standard InChI is InChI=1S/C26H27NO2S/c1-2-24(29-21-17-16-19-10-6-7-11-20(19)18-21)26(28)27-23-14-8-9-15-25(23)30-22-12-4-3-5-13-22/h3-5,8-9,12-18,24H,2,6-7,10-11H2,1H3,(H,27,28)/t24-/m1/s1. The predicted molar refractivity (Wildman–Crippen MR) is 123 cm³/mol. The van der Waals surface area contributed by atoms with E-state index in [1.807, 2.05) is 55.5 Å². The van der Waals surface area contributed by atoms with Crippen molar-refractivity contribution in [2.24, 2.45) is 0 Å². The average molecular weight is 418 g/mol. The van der Waals surface area contributed by atoms with Crippen LogP contribution in [0.5, 0.6) is 5.75 Å². The highest BCUT2D eigenvalue weighted by atomic mass is 32.2. The van der Waals surface area contributed by atoms with Gasteiger partial charge < -0.3 is 10.1 Å². The van der Waals surface area contributed by atoms with Crippen LogP contribution in [0, 0.1) is 0 Å². The largest absolute Gasteiger partial charge is 0.481 e. The second-order valence-corrected chi connectivity index (χ2v) is 8.67. The molecule has 0 saturated carbocycles. The van der Waals surface area contributed by atoms with Crippen LogP contribution in [-0.4, -0.2) is 12.0 Å². The summed E-state index contributed by atoms with van der Waals surface area (Å²) >= 11 is 1.64. The van der Waals surface area contributed by atoms with Crippen molar-refractivity contribution in [3.05, 3.63) is 83.9 Å². The summed E-state index contributed by atoms with van der Waals surface area (Å²) in [5.41, 5.74) is 3.58. The van der Waals surface area contributed by atoms with E-state index in [1.54, 1.807) is 11.8 Å². The molecule has 1 aliphatic carbocycles. The average Bonchev–Trinajstić information content (AvgIpc) is 2.79. The van der Waals surface area contributed by atoms with Crippen molar-refractivity contribution >= 4 is 23.4 Å². The van der Waals surface area contributed by atoms with Crippen molar-refractivity contribution in [3.63, 3.8) is 0 Å². The van der Waals surface area contributed by atoms with Gasteiger partial charge in [-0.25, -0.2) is 0 Å². The second kappa shape index (κ2) is 9.86. The highest BCUT2D eigenvalue weighted by molar-refractivity contribution is 7.99. The van der Waals surface area contributed by atoms with E-state index in [4.69, 9.17) is 4.74 Å². The number of carbonyl (C=O) groups is 1. The topological polar surface area (TPSA) is 38.3 Å². The first kappa shape index (κ1) is 20.5. The Morgan fingerprint density at radius 1 is 0.967 bits per heavy atom. The van der Waals surface area contributed by atoms with Crippen molar-refractivity contribution < 1.29 is 9.53 Å². The van der Waals surface area contributed by atoms with Crippen LogP contribution in [-0.2, 0) is 17.6 Å². The van der Waals surface area contributed by atoms with E-state index in [2.05, 4.69) is 29.6 Å². The Balaban J connectivity index is 1.46. The molecule has 0 aliphatic heterocycles. The lowest BCUT2D eigenvalue weighted by molar-refractivity contribution is -0.122. The minimum absolute atomic E-state index is 0.115. The molecular weight excluding hydrogens is 390 g/mol. The summed E-state index contributed by atoms with van der Waals surface area (Å²) in [6.45, 7) is 1.98. The first-order valence-corrected chi connectivity index (χ1v) is 11.5. The van der Waals surface area contributed by atoms with Crippen LogP contribution in [0.1, 0.15) is 37.3 Å². The first-order chi connectivity index (χ1) is 14.7. The third-order valence-electron chi connectivity index (χ3n) is 5.38. The minimum atomic E-state index is -0.526. The molecule has 4 heteroatoms. The van der Waals surface area contributed by atoms with Crippen LogP contribution in [0.2, 0.25) is 0 Å². The molecule has 1 amide bonds. The van der Waals surface area contributed by atoms with Gasteiger partial charge in [0.2, 0.25) is 0 Å². The quantitative estimate of drug-likeness (QED) is 0.476. The van der Waals surface area contributed by atoms with Gasteiger partial charge in [0.1, 0.15) is 5.75 Å². The number of amides is 1. The Morgan fingerprint density at radius 2 is 1.70 bits per heavy atom. The number of benzene rings is 3. The van der Waals surface area contributed by atoms with Gasteiger partial charge in [0.05, 0.1) is 5.69 Å². The van der Waals surface area contributed by atoms with Crippen LogP contribution in [0.25, 0.3) is 0 Å². The molecule has 1 atom stereocenters. The molecule has 0 fully saturated rings. The maximum atomic E-state index is 13.0. The van der Waals surface area contributed by atoms with Crippen molar-refractivity contribution in [2.45, 2.75) is 54.9 Å². The molecule has 1 aliphatic rings. The zero-order valence-corrected chi connectivity index (χ0v) is 18.1. The van der Waals surface area contributed by atoms with Gasteiger partial charge in [0, 0.05) is 9.79 Å². The van der Waals surface area contributed by atoms with E-state index >= 15 is 0 Å². The smallest absolute Gasteiger partial charge is 0.265 e. The molecule has 4 rings (SSSR count). The fraction of sp³-hybridized carbons (Fsp3) is 0.269. The zero-order chi connectivity index (χ0) is 20.8. The van der Waals surface area contributed by atoms with Crippen LogP contribution >= 0.6 is 11.8 Å². The van der Waals surface area contributed by atoms with Crippen LogP contribution in [0.15, 0.2) is 82.6 Å². The Kier molecular flexibility index (Phi) is 6.75. The van der Waals surface area contributed by atoms with E-state index in [9.17, 15) is 4.79 Å². The van der Waals surface area contributed by atoms with E-state index in [1.165, 1.54) is 24.0 Å². The fourth-order valence-corrected chi connectivity index (χ4v) is 4.68. The lowest BCUT2D eigenvalue weighted by Gasteiger charge is -2.21. The molecule has 0 bridgehead atoms. The maximum Gasteiger partial charge on any atom is 0.265 e. The van der Waals surface area contributed by atoms with Gasteiger partial charge in [-0.15, -0.1) is 0 Å². The number of hydrogen-bond acceptors (Lipinski definition) is 3. The number of aryl methyl sites for hydroxylation is 2. The lowest BCUT2D eigenvalue weighted by atomic mass is 9.92. The summed E-state index contributed by atoms with van der Waals surface area (Å²) in [7, 11) is 0. The molecule has 154 valence electrons. The minimum Gasteiger partial charge on any atom is -0.481 e. The number of anilines is 1. The number of para-hydroxylation sites is 1. The van der Waals surface area contributed by atoms with Gasteiger partial charge in [0.25, 0.3) is 5.91 Å². The fourth-order valence-electron chi connectivity index (χ4n) is 3.76. The molecule has 3 nitrogen and oxygen atoms in total. The van der Waals surface area contributed by atoms with E-state index < -0.39 is 6.10 Å². The Labute approximate surface area is 182 Å². The predicted octanol–water partition coefficient (Wildman–Crippen LogP) is 6.51. The number of hydrogen-bond donors (Lipinski definition) is 1. The van der Waals surface area contributed by atoms with Gasteiger partial charge >= 0.3 is 0 Å². The summed E-state index contributed by atoms with van der Waals surface area (Å²) in [5.74, 6) is 0.668. The van der Waals surface area contributed by atoms with Gasteiger partial charge in [-0.3, -0.25) is 4.79 Å². The van der Waals surface area contributed by atoms with Gasteiger partial charge in [-0.05, 0) is 79.6 Å². The Morgan fingerprint density at radius 3 is 2.50 bits per heavy atom. The third kappa shape index (κ3) is 5.06. The lowest BCUT2D eigenvalue weighted by Crippen LogP contribution is -2.32. The van der Waals surface area contributed by atoms with Gasteiger partial charge in [0.15, 0.2) is 6.10 Å². The highest BCUT2D eigenvalue weighted by Gasteiger charge is 2.20. The molecule has 3 aromatic rings. The second-order valence-electron chi connectivity index (χ2n) is 7.55. The SMILES string of the molecule is CC[C@@H](Oc1ccc2c(c1)CCCC2)C(=O)Nc1ccccc1Sc1ccccc1. The van der Waals surface area contributed by atoms with Crippen LogP contribution < -0.4 is 10.1 Å². The summed E-state index contributed by atoms with van der Waals surface area (Å²) in [6, 6.07) is 24.3. The zero-order valence-electron chi connectivity index (χ0n) is 17.3. The number of rotatable bonds is 7. The van der Waals surface area contributed by atoms with Crippen LogP contribution in [0.3, 0.4) is 0 Å². The van der Waals surface area contributed by atoms with E-state index in [0.29, 0.717) is 6.42 Å². The number of carbonyl (C=O) groups excluding carboxylic acids is 1. The molecule has 0 heterocycles. The molecule has 0 saturated heterocycles. The molecule has 30 heavy (non-hydrogen) atoms. The Hall–Kier alpha value is -2.72. The van der Waals surface area contributed by atoms with Gasteiger partial charge in [-0.1, -0.05) is 55.1 Å². The number of fused-ring (bicyclic) bond motifs is 1. The summed E-state index contributed by atoms with van der Waals surface area (Å²) < 4.78 is 6.10. The highest BCUT2D eigenvalue weighted by Crippen LogP contribution is 2.33. The summed E-state index contributed by atoms with van der Waals surface area (Å²) in [5, 5.41) is 3.08. The molecule has 1 N–H and O–H groups in total. The van der Waals surface area contributed by atoms with E-state index in [0.717, 1.165) is 34.1 Å². The van der Waals surface area contributed by atoms with Crippen molar-refractivity contribution in [2.75, 3.05) is 5.32 Å². The summed E-state index contributed by atoms with van der Waals surface area (Å²) in [4.78, 5) is 15.1. The van der Waals surface area contributed by atoms with Gasteiger partial charge in [-0.2, -0.15) is 0 Å². The molecule has 0 aromatic heterocycles. The van der Waals surface area contributed by atoms with Crippen molar-refractivity contribution in [1.29, 1.82) is 0 Å². The normalized spacial score (nSPS) is 13.9. The molecule has 0 spiro atoms. The van der Waals surface area contributed by atoms with Crippen LogP contribution in [0.4, 0.5) is 5.69 Å². The monoisotopic (exact) mass is 417 g/mol. The third-order valence-corrected chi connectivity index (χ3v) is 6.46. The molecule has 3 aromatic carbocycles. The van der Waals surface area contributed by atoms with Crippen molar-refractivity contribution in [3.8, 4) is 5.75 Å². The first-order valence-electron chi connectivity index (χ1n) is 10.6. The maximum absolute atomic E-state index is 13.0.